The maximum atomic E-state index is 2.50. The Morgan fingerprint density at radius 2 is 0.857 bits per heavy atom. The first kappa shape index (κ1) is 11.8. The molecule has 0 spiro atoms. The van der Waals surface area contributed by atoms with Crippen molar-refractivity contribution < 1.29 is 0 Å². The molecule has 0 aromatic heterocycles. The van der Waals surface area contributed by atoms with Crippen molar-refractivity contribution in [2.75, 3.05) is 0 Å². The predicted octanol–water partition coefficient (Wildman–Crippen LogP) is 5.05. The van der Waals surface area contributed by atoms with Gasteiger partial charge in [0.05, 0.1) is 0 Å². The maximum absolute atomic E-state index is 2.50. The van der Waals surface area contributed by atoms with Gasteiger partial charge in [0.15, 0.2) is 0 Å². The van der Waals surface area contributed by atoms with Crippen LogP contribution in [0.3, 0.4) is 0 Å². The summed E-state index contributed by atoms with van der Waals surface area (Å²) in [6.07, 6.45) is 22.5. The van der Waals surface area contributed by atoms with Crippen molar-refractivity contribution in [2.45, 2.75) is 70.6 Å². The van der Waals surface area contributed by atoms with Gasteiger partial charge in [0.1, 0.15) is 0 Å². The average Bonchev–Trinajstić information content (AvgIpc) is 2.22. The topological polar surface area (TPSA) is 0 Å². The molecule has 81 valence electrons. The van der Waals surface area contributed by atoms with Gasteiger partial charge in [-0.25, -0.2) is 0 Å². The van der Waals surface area contributed by atoms with Crippen LogP contribution in [0.5, 0.6) is 0 Å². The predicted molar refractivity (Wildman–Crippen MR) is 64.2 cm³/mol. The zero-order valence-electron chi connectivity index (χ0n) is 9.51. The van der Waals surface area contributed by atoms with Crippen LogP contribution >= 0.6 is 0 Å². The zero-order valence-corrected chi connectivity index (χ0v) is 9.51. The van der Waals surface area contributed by atoms with Crippen molar-refractivity contribution in [3.63, 3.8) is 0 Å². The van der Waals surface area contributed by atoms with Crippen LogP contribution in [0.4, 0.5) is 0 Å². The van der Waals surface area contributed by atoms with Crippen molar-refractivity contribution in [3.05, 3.63) is 18.6 Å². The Kier molecular flexibility index (Phi) is 7.85. The molecule has 1 aliphatic carbocycles. The third kappa shape index (κ3) is 7.17. The van der Waals surface area contributed by atoms with Crippen LogP contribution in [-0.2, 0) is 0 Å². The van der Waals surface area contributed by atoms with Crippen LogP contribution in [0.2, 0.25) is 0 Å². The van der Waals surface area contributed by atoms with Crippen molar-refractivity contribution in [1.29, 1.82) is 0 Å². The molecule has 0 N–H and O–H groups in total. The molecule has 0 aliphatic heterocycles. The van der Waals surface area contributed by atoms with Gasteiger partial charge in [0.25, 0.3) is 0 Å². The van der Waals surface area contributed by atoms with Crippen LogP contribution < -0.4 is 0 Å². The summed E-state index contributed by atoms with van der Waals surface area (Å²) in [4.78, 5) is 0. The first-order valence-electron chi connectivity index (χ1n) is 6.47. The Labute approximate surface area is 89.8 Å². The van der Waals surface area contributed by atoms with Crippen LogP contribution in [0.25, 0.3) is 0 Å². The minimum atomic E-state index is 1.31. The van der Waals surface area contributed by atoms with Gasteiger partial charge < -0.3 is 0 Å². The highest BCUT2D eigenvalue weighted by atomic mass is 14.0. The molecule has 14 heavy (non-hydrogen) atoms. The van der Waals surface area contributed by atoms with Gasteiger partial charge in [0.2, 0.25) is 0 Å². The van der Waals surface area contributed by atoms with Crippen molar-refractivity contribution >= 4 is 0 Å². The molecule has 1 radical (unpaired) electrons. The molecule has 0 aromatic rings. The van der Waals surface area contributed by atoms with E-state index >= 15 is 0 Å². The van der Waals surface area contributed by atoms with E-state index in [0.29, 0.717) is 0 Å². The van der Waals surface area contributed by atoms with Gasteiger partial charge in [-0.15, -0.1) is 0 Å². The summed E-state index contributed by atoms with van der Waals surface area (Å²) in [6.45, 7) is 0. The molecule has 0 nitrogen and oxygen atoms in total. The van der Waals surface area contributed by atoms with Gasteiger partial charge in [-0.1, -0.05) is 57.1 Å². The Morgan fingerprint density at radius 1 is 0.429 bits per heavy atom. The monoisotopic (exact) mass is 193 g/mol. The Morgan fingerprint density at radius 3 is 1.43 bits per heavy atom. The van der Waals surface area contributed by atoms with Gasteiger partial charge in [-0.3, -0.25) is 0 Å². The second kappa shape index (κ2) is 9.30. The van der Waals surface area contributed by atoms with E-state index in [9.17, 15) is 0 Å². The van der Waals surface area contributed by atoms with Crippen LogP contribution in [0.15, 0.2) is 12.2 Å². The average molecular weight is 193 g/mol. The summed E-state index contributed by atoms with van der Waals surface area (Å²) in [6, 6.07) is 0. The number of hydrogen-bond donors (Lipinski definition) is 0. The highest BCUT2D eigenvalue weighted by Gasteiger charge is 1.93. The molecule has 0 amide bonds. The largest absolute Gasteiger partial charge is 0.0885 e. The van der Waals surface area contributed by atoms with Gasteiger partial charge >= 0.3 is 0 Å². The van der Waals surface area contributed by atoms with E-state index in [4.69, 9.17) is 0 Å². The van der Waals surface area contributed by atoms with E-state index in [-0.39, 0.29) is 0 Å². The molecule has 0 fully saturated rings. The lowest BCUT2D eigenvalue weighted by molar-refractivity contribution is 0.612. The second-order valence-corrected chi connectivity index (χ2v) is 4.39. The van der Waals surface area contributed by atoms with Crippen molar-refractivity contribution in [1.82, 2.24) is 0 Å². The number of allylic oxidation sites excluding steroid dienone is 2. The SMILES string of the molecule is [CH]1CCCCCC=CCCCCCC1. The Hall–Kier alpha value is -0.260. The van der Waals surface area contributed by atoms with E-state index < -0.39 is 0 Å². The highest BCUT2D eigenvalue weighted by molar-refractivity contribution is 4.81. The van der Waals surface area contributed by atoms with Crippen molar-refractivity contribution in [2.24, 2.45) is 0 Å². The molecule has 0 saturated carbocycles. The third-order valence-electron chi connectivity index (χ3n) is 2.97. The number of hydrogen-bond acceptors (Lipinski definition) is 0. The minimum absolute atomic E-state index is 1.31. The van der Waals surface area contributed by atoms with E-state index in [2.05, 4.69) is 18.6 Å². The maximum Gasteiger partial charge on any atom is -0.0351 e. The first-order valence-corrected chi connectivity index (χ1v) is 6.47. The fourth-order valence-electron chi connectivity index (χ4n) is 2.01. The summed E-state index contributed by atoms with van der Waals surface area (Å²) in [7, 11) is 0. The number of rotatable bonds is 0. The molecular formula is C14H25. The molecule has 0 aromatic carbocycles. The van der Waals surface area contributed by atoms with Crippen LogP contribution in [0.1, 0.15) is 70.6 Å². The van der Waals surface area contributed by atoms with E-state index in [1.165, 1.54) is 70.6 Å². The smallest absolute Gasteiger partial charge is 0.0351 e. The van der Waals surface area contributed by atoms with E-state index in [1.54, 1.807) is 0 Å². The minimum Gasteiger partial charge on any atom is -0.0885 e. The lowest BCUT2D eigenvalue weighted by Crippen LogP contribution is -1.84. The molecule has 0 saturated heterocycles. The molecule has 1 aliphatic rings. The summed E-state index contributed by atoms with van der Waals surface area (Å²) in [5.74, 6) is 0. The first-order chi connectivity index (χ1) is 7.00. The summed E-state index contributed by atoms with van der Waals surface area (Å²) in [5.41, 5.74) is 0. The normalized spacial score (nSPS) is 22.9. The van der Waals surface area contributed by atoms with E-state index in [1.807, 2.05) is 0 Å². The third-order valence-corrected chi connectivity index (χ3v) is 2.97. The fraction of sp³-hybridized carbons (Fsp3) is 0.786. The Balaban J connectivity index is 2.09. The molecule has 0 bridgehead atoms. The molecule has 0 heterocycles. The van der Waals surface area contributed by atoms with Gasteiger partial charge in [0, 0.05) is 0 Å². The molecule has 0 atom stereocenters. The zero-order chi connectivity index (χ0) is 9.90. The van der Waals surface area contributed by atoms with Gasteiger partial charge in [-0.2, -0.15) is 0 Å². The fourth-order valence-corrected chi connectivity index (χ4v) is 2.01. The van der Waals surface area contributed by atoms with Crippen LogP contribution in [0, 0.1) is 6.42 Å². The molecule has 0 unspecified atom stereocenters. The standard InChI is InChI=1S/C14H25/c1-2-4-6-8-10-12-14-13-11-9-7-5-3-1/h1-2,13H,3-12,14H2. The lowest BCUT2D eigenvalue weighted by Gasteiger charge is -2.02. The van der Waals surface area contributed by atoms with Crippen molar-refractivity contribution in [3.8, 4) is 0 Å². The summed E-state index contributed by atoms with van der Waals surface area (Å²) in [5, 5.41) is 0. The summed E-state index contributed by atoms with van der Waals surface area (Å²) >= 11 is 0. The van der Waals surface area contributed by atoms with E-state index in [0.717, 1.165) is 0 Å². The summed E-state index contributed by atoms with van der Waals surface area (Å²) < 4.78 is 0. The Bertz CT molecular complexity index is 119. The molecule has 0 heteroatoms. The second-order valence-electron chi connectivity index (χ2n) is 4.39. The van der Waals surface area contributed by atoms with Gasteiger partial charge in [-0.05, 0) is 32.1 Å². The lowest BCUT2D eigenvalue weighted by atomic mass is 10.0. The molecule has 1 rings (SSSR count). The quantitative estimate of drug-likeness (QED) is 0.472. The molecular weight excluding hydrogens is 168 g/mol. The van der Waals surface area contributed by atoms with Crippen LogP contribution in [-0.4, -0.2) is 0 Å². The highest BCUT2D eigenvalue weighted by Crippen LogP contribution is 2.12.